The fourth-order valence-electron chi connectivity index (χ4n) is 3.35. The predicted octanol–water partition coefficient (Wildman–Crippen LogP) is 3.25. The summed E-state index contributed by atoms with van der Waals surface area (Å²) in [6, 6.07) is 10.3. The van der Waals surface area contributed by atoms with Gasteiger partial charge in [0.05, 0.1) is 22.0 Å². The SMILES string of the molecule is CC(C(=O)NC(CC(=O)O)C(=O)COC(=O)c1c(Cl)cccc1Cl)n1ccc2ccccc2c1=O. The number of pyridine rings is 1. The third kappa shape index (κ3) is 6.06. The molecular weight excluding hydrogens is 499 g/mol. The molecule has 3 rings (SSSR count). The lowest BCUT2D eigenvalue weighted by Gasteiger charge is -2.20. The molecule has 11 heteroatoms. The molecule has 0 aliphatic rings. The monoisotopic (exact) mass is 518 g/mol. The van der Waals surface area contributed by atoms with E-state index in [-0.39, 0.29) is 15.6 Å². The van der Waals surface area contributed by atoms with Gasteiger partial charge in [-0.2, -0.15) is 0 Å². The second-order valence-electron chi connectivity index (χ2n) is 7.59. The van der Waals surface area contributed by atoms with Crippen molar-refractivity contribution in [2.45, 2.75) is 25.4 Å². The zero-order valence-corrected chi connectivity index (χ0v) is 19.9. The maximum absolute atomic E-state index is 12.8. The Morgan fingerprint density at radius 3 is 2.34 bits per heavy atom. The van der Waals surface area contributed by atoms with Crippen LogP contribution in [0.2, 0.25) is 10.0 Å². The number of rotatable bonds is 9. The highest BCUT2D eigenvalue weighted by Gasteiger charge is 2.28. The zero-order valence-electron chi connectivity index (χ0n) is 18.4. The molecule has 2 atom stereocenters. The normalized spacial score (nSPS) is 12.5. The van der Waals surface area contributed by atoms with Gasteiger partial charge in [-0.15, -0.1) is 0 Å². The van der Waals surface area contributed by atoms with Gasteiger partial charge in [0.25, 0.3) is 5.56 Å². The van der Waals surface area contributed by atoms with Gasteiger partial charge < -0.3 is 19.7 Å². The molecule has 1 aromatic heterocycles. The van der Waals surface area contributed by atoms with Gasteiger partial charge in [0.15, 0.2) is 12.4 Å². The molecule has 9 nitrogen and oxygen atoms in total. The number of carbonyl (C=O) groups is 4. The smallest absolute Gasteiger partial charge is 0.341 e. The van der Waals surface area contributed by atoms with E-state index < -0.39 is 54.3 Å². The molecular formula is C24H20Cl2N2O7. The van der Waals surface area contributed by atoms with Crippen LogP contribution in [0.25, 0.3) is 10.8 Å². The number of aromatic nitrogens is 1. The lowest BCUT2D eigenvalue weighted by molar-refractivity contribution is -0.141. The lowest BCUT2D eigenvalue weighted by atomic mass is 10.1. The Kier molecular flexibility index (Phi) is 8.26. The molecule has 1 heterocycles. The summed E-state index contributed by atoms with van der Waals surface area (Å²) in [5.74, 6) is -3.97. The van der Waals surface area contributed by atoms with E-state index in [1.807, 2.05) is 0 Å². The Bertz CT molecular complexity index is 1350. The maximum atomic E-state index is 12.8. The number of benzene rings is 2. The van der Waals surface area contributed by atoms with Crippen molar-refractivity contribution < 1.29 is 29.0 Å². The van der Waals surface area contributed by atoms with E-state index in [0.29, 0.717) is 10.8 Å². The molecule has 0 spiro atoms. The number of carbonyl (C=O) groups excluding carboxylic acids is 3. The van der Waals surface area contributed by atoms with Crippen LogP contribution in [0.5, 0.6) is 0 Å². The number of ketones is 1. The summed E-state index contributed by atoms with van der Waals surface area (Å²) in [5.41, 5.74) is -0.566. The maximum Gasteiger partial charge on any atom is 0.341 e. The number of Topliss-reactive ketones (excluding diaryl/α,β-unsaturated/α-hetero) is 1. The largest absolute Gasteiger partial charge is 0.481 e. The Hall–Kier alpha value is -3.69. The van der Waals surface area contributed by atoms with Gasteiger partial charge in [-0.1, -0.05) is 47.5 Å². The van der Waals surface area contributed by atoms with E-state index in [1.54, 1.807) is 30.3 Å². The van der Waals surface area contributed by atoms with E-state index in [1.165, 1.54) is 35.9 Å². The molecule has 2 aromatic carbocycles. The molecule has 0 saturated heterocycles. The summed E-state index contributed by atoms with van der Waals surface area (Å²) < 4.78 is 6.13. The Morgan fingerprint density at radius 1 is 1.03 bits per heavy atom. The van der Waals surface area contributed by atoms with Crippen molar-refractivity contribution in [1.29, 1.82) is 0 Å². The first-order chi connectivity index (χ1) is 16.6. The van der Waals surface area contributed by atoms with E-state index in [9.17, 15) is 29.1 Å². The fourth-order valence-corrected chi connectivity index (χ4v) is 3.90. The fraction of sp³-hybridized carbons (Fsp3) is 0.208. The van der Waals surface area contributed by atoms with Crippen LogP contribution in [-0.2, 0) is 19.1 Å². The summed E-state index contributed by atoms with van der Waals surface area (Å²) in [5, 5.41) is 12.6. The van der Waals surface area contributed by atoms with Crippen molar-refractivity contribution in [3.63, 3.8) is 0 Å². The minimum absolute atomic E-state index is 0.0139. The van der Waals surface area contributed by atoms with E-state index in [0.717, 1.165) is 0 Å². The minimum Gasteiger partial charge on any atom is -0.481 e. The number of amides is 1. The van der Waals surface area contributed by atoms with Crippen LogP contribution in [0, 0.1) is 0 Å². The number of carboxylic acids is 1. The van der Waals surface area contributed by atoms with Crippen molar-refractivity contribution in [2.24, 2.45) is 0 Å². The van der Waals surface area contributed by atoms with Crippen LogP contribution in [0.3, 0.4) is 0 Å². The summed E-state index contributed by atoms with van der Waals surface area (Å²) in [6.07, 6.45) is 0.687. The number of carboxylic acid groups (broad SMARTS) is 1. The molecule has 0 aliphatic heterocycles. The molecule has 3 aromatic rings. The molecule has 2 N–H and O–H groups in total. The van der Waals surface area contributed by atoms with Gasteiger partial charge in [0.2, 0.25) is 5.91 Å². The Balaban J connectivity index is 1.73. The Labute approximate surface area is 209 Å². The second-order valence-corrected chi connectivity index (χ2v) is 8.40. The van der Waals surface area contributed by atoms with Crippen LogP contribution >= 0.6 is 23.2 Å². The van der Waals surface area contributed by atoms with Gasteiger partial charge in [-0.3, -0.25) is 19.2 Å². The van der Waals surface area contributed by atoms with E-state index >= 15 is 0 Å². The molecule has 1 amide bonds. The number of hydrogen-bond acceptors (Lipinski definition) is 6. The third-order valence-corrected chi connectivity index (χ3v) is 5.86. The molecule has 0 fully saturated rings. The number of fused-ring (bicyclic) bond motifs is 1. The molecule has 2 unspecified atom stereocenters. The first kappa shape index (κ1) is 25.9. The first-order valence-electron chi connectivity index (χ1n) is 10.4. The van der Waals surface area contributed by atoms with Crippen LogP contribution in [0.15, 0.2) is 59.5 Å². The zero-order chi connectivity index (χ0) is 25.7. The number of aliphatic carboxylic acids is 1. The molecule has 0 saturated carbocycles. The summed E-state index contributed by atoms with van der Waals surface area (Å²) in [6.45, 7) is 0.607. The average Bonchev–Trinajstić information content (AvgIpc) is 2.81. The number of nitrogens with zero attached hydrogens (tertiary/aromatic N) is 1. The number of halogens is 2. The topological polar surface area (TPSA) is 132 Å². The van der Waals surface area contributed by atoms with Gasteiger partial charge in [0, 0.05) is 11.6 Å². The summed E-state index contributed by atoms with van der Waals surface area (Å²) >= 11 is 11.9. The molecule has 0 aliphatic carbocycles. The number of hydrogen-bond donors (Lipinski definition) is 2. The van der Waals surface area contributed by atoms with Crippen LogP contribution in [0.1, 0.15) is 29.7 Å². The van der Waals surface area contributed by atoms with Gasteiger partial charge in [-0.05, 0) is 36.6 Å². The standard InChI is InChI=1S/C24H20Cl2N2O7/c1-13(28-10-9-14-5-2-3-6-15(14)23(28)33)22(32)27-18(11-20(30)31)19(29)12-35-24(34)21-16(25)7-4-8-17(21)26/h2-10,13,18H,11-12H2,1H3,(H,27,32)(H,30,31). The van der Waals surface area contributed by atoms with Crippen LogP contribution in [0.4, 0.5) is 0 Å². The third-order valence-electron chi connectivity index (χ3n) is 5.23. The second kappa shape index (κ2) is 11.2. The van der Waals surface area contributed by atoms with E-state index in [2.05, 4.69) is 5.32 Å². The van der Waals surface area contributed by atoms with Crippen molar-refractivity contribution in [3.05, 3.63) is 80.7 Å². The van der Waals surface area contributed by atoms with Crippen molar-refractivity contribution >= 4 is 57.6 Å². The van der Waals surface area contributed by atoms with Gasteiger partial charge in [-0.25, -0.2) is 4.79 Å². The Morgan fingerprint density at radius 2 is 1.69 bits per heavy atom. The molecule has 182 valence electrons. The minimum atomic E-state index is -1.51. The molecule has 0 bridgehead atoms. The molecule has 35 heavy (non-hydrogen) atoms. The van der Waals surface area contributed by atoms with Crippen LogP contribution < -0.4 is 10.9 Å². The highest BCUT2D eigenvalue weighted by molar-refractivity contribution is 6.39. The molecule has 0 radical (unpaired) electrons. The number of nitrogens with one attached hydrogen (secondary N) is 1. The van der Waals surface area contributed by atoms with Crippen LogP contribution in [-0.4, -0.2) is 46.0 Å². The highest BCUT2D eigenvalue weighted by atomic mass is 35.5. The predicted molar refractivity (Wildman–Crippen MR) is 129 cm³/mol. The van der Waals surface area contributed by atoms with Crippen molar-refractivity contribution in [2.75, 3.05) is 6.61 Å². The quantitative estimate of drug-likeness (QED) is 0.415. The van der Waals surface area contributed by atoms with Crippen molar-refractivity contribution in [1.82, 2.24) is 9.88 Å². The first-order valence-corrected chi connectivity index (χ1v) is 11.1. The van der Waals surface area contributed by atoms with Gasteiger partial charge in [0.1, 0.15) is 12.1 Å². The van der Waals surface area contributed by atoms with Gasteiger partial charge >= 0.3 is 11.9 Å². The van der Waals surface area contributed by atoms with E-state index in [4.69, 9.17) is 27.9 Å². The lowest BCUT2D eigenvalue weighted by Crippen LogP contribution is -2.47. The summed E-state index contributed by atoms with van der Waals surface area (Å²) in [7, 11) is 0. The number of esters is 1. The number of ether oxygens (including phenoxy) is 1. The average molecular weight is 519 g/mol. The summed E-state index contributed by atoms with van der Waals surface area (Å²) in [4.78, 5) is 61.8. The highest BCUT2D eigenvalue weighted by Crippen LogP contribution is 2.25. The van der Waals surface area contributed by atoms with Crippen molar-refractivity contribution in [3.8, 4) is 0 Å².